The largest absolute Gasteiger partial charge is 0.495 e. The van der Waals surface area contributed by atoms with Gasteiger partial charge in [-0.05, 0) is 36.6 Å². The lowest BCUT2D eigenvalue weighted by Crippen LogP contribution is -2.30. The van der Waals surface area contributed by atoms with E-state index in [9.17, 15) is 4.79 Å². The predicted octanol–water partition coefficient (Wildman–Crippen LogP) is 4.12. The number of hydrogen-bond donors (Lipinski definition) is 0. The molecule has 8 heteroatoms. The molecule has 130 valence electrons. The Morgan fingerprint density at radius 2 is 2.24 bits per heavy atom. The Labute approximate surface area is 154 Å². The number of benzene rings is 1. The molecule has 0 aliphatic rings. The van der Waals surface area contributed by atoms with E-state index in [1.807, 2.05) is 24.4 Å². The summed E-state index contributed by atoms with van der Waals surface area (Å²) in [6.45, 7) is 2.62. The number of rotatable bonds is 6. The fraction of sp³-hybridized carbons (Fsp3) is 0.235. The first-order valence-corrected chi connectivity index (χ1v) is 8.87. The molecular formula is C17H16ClN3O3S. The summed E-state index contributed by atoms with van der Waals surface area (Å²) in [4.78, 5) is 19.6. The first kappa shape index (κ1) is 17.4. The Bertz CT molecular complexity index is 864. The number of carbonyl (C=O) groups excluding carboxylic acids is 1. The highest BCUT2D eigenvalue weighted by atomic mass is 35.5. The predicted molar refractivity (Wildman–Crippen MR) is 96.0 cm³/mol. The molecule has 1 aromatic carbocycles. The van der Waals surface area contributed by atoms with Gasteiger partial charge in [0.25, 0.3) is 5.91 Å². The molecule has 1 amide bonds. The maximum Gasteiger partial charge on any atom is 0.254 e. The fourth-order valence-electron chi connectivity index (χ4n) is 2.30. The Balaban J connectivity index is 1.76. The topological polar surface area (TPSA) is 68.5 Å². The lowest BCUT2D eigenvalue weighted by molar-refractivity contribution is 0.0734. The van der Waals surface area contributed by atoms with Gasteiger partial charge in [-0.3, -0.25) is 4.79 Å². The van der Waals surface area contributed by atoms with Crippen molar-refractivity contribution in [3.63, 3.8) is 0 Å². The van der Waals surface area contributed by atoms with Crippen LogP contribution in [0.1, 0.15) is 23.2 Å². The van der Waals surface area contributed by atoms with E-state index in [0.717, 1.165) is 4.88 Å². The Kier molecular flexibility index (Phi) is 5.35. The van der Waals surface area contributed by atoms with E-state index in [0.29, 0.717) is 34.6 Å². The lowest BCUT2D eigenvalue weighted by Gasteiger charge is -2.19. The fourth-order valence-corrected chi connectivity index (χ4v) is 3.20. The zero-order valence-corrected chi connectivity index (χ0v) is 15.3. The molecule has 0 unspecified atom stereocenters. The second kappa shape index (κ2) is 7.67. The Hall–Kier alpha value is -2.38. The van der Waals surface area contributed by atoms with Crippen LogP contribution in [0, 0.1) is 0 Å². The molecule has 2 heterocycles. The van der Waals surface area contributed by atoms with Gasteiger partial charge in [0.1, 0.15) is 12.3 Å². The molecule has 0 bridgehead atoms. The summed E-state index contributed by atoms with van der Waals surface area (Å²) in [7, 11) is 1.53. The van der Waals surface area contributed by atoms with Crippen LogP contribution in [0.3, 0.4) is 0 Å². The van der Waals surface area contributed by atoms with Crippen molar-refractivity contribution >= 4 is 28.8 Å². The molecule has 3 rings (SSSR count). The third kappa shape index (κ3) is 3.83. The van der Waals surface area contributed by atoms with Crippen LogP contribution in [0.15, 0.2) is 40.2 Å². The number of methoxy groups -OCH3 is 1. The van der Waals surface area contributed by atoms with Gasteiger partial charge < -0.3 is 14.2 Å². The standard InChI is InChI=1S/C17H16ClN3O3S/c1-3-21(17(22)11-6-7-13(23-2)12(18)9-11)10-15-19-16(20-24-15)14-5-4-8-25-14/h4-9H,3,10H2,1-2H3. The summed E-state index contributed by atoms with van der Waals surface area (Å²) in [5, 5.41) is 6.30. The maximum atomic E-state index is 12.7. The average Bonchev–Trinajstić information content (AvgIpc) is 3.30. The molecule has 0 saturated carbocycles. The zero-order valence-electron chi connectivity index (χ0n) is 13.7. The quantitative estimate of drug-likeness (QED) is 0.646. The minimum absolute atomic E-state index is 0.164. The molecule has 0 radical (unpaired) electrons. The molecule has 3 aromatic rings. The molecule has 0 fully saturated rings. The van der Waals surface area contributed by atoms with Crippen LogP contribution in [-0.4, -0.2) is 34.6 Å². The first-order valence-electron chi connectivity index (χ1n) is 7.61. The van der Waals surface area contributed by atoms with Crippen LogP contribution in [0.2, 0.25) is 5.02 Å². The van der Waals surface area contributed by atoms with Gasteiger partial charge >= 0.3 is 0 Å². The second-order valence-electron chi connectivity index (χ2n) is 5.16. The molecule has 0 spiro atoms. The minimum Gasteiger partial charge on any atom is -0.495 e. The summed E-state index contributed by atoms with van der Waals surface area (Å²) >= 11 is 7.64. The van der Waals surface area contributed by atoms with Crippen molar-refractivity contribution in [2.75, 3.05) is 13.7 Å². The van der Waals surface area contributed by atoms with Crippen LogP contribution < -0.4 is 4.74 Å². The molecule has 0 N–H and O–H groups in total. The van der Waals surface area contributed by atoms with Crippen LogP contribution in [0.25, 0.3) is 10.7 Å². The average molecular weight is 378 g/mol. The number of aromatic nitrogens is 2. The van der Waals surface area contributed by atoms with Crippen molar-refractivity contribution in [3.05, 3.63) is 52.2 Å². The van der Waals surface area contributed by atoms with Crippen molar-refractivity contribution in [2.45, 2.75) is 13.5 Å². The van der Waals surface area contributed by atoms with Crippen molar-refractivity contribution < 1.29 is 14.1 Å². The smallest absolute Gasteiger partial charge is 0.254 e. The Morgan fingerprint density at radius 1 is 1.40 bits per heavy atom. The van der Waals surface area contributed by atoms with Gasteiger partial charge in [0.05, 0.1) is 17.0 Å². The third-order valence-electron chi connectivity index (χ3n) is 3.60. The van der Waals surface area contributed by atoms with Crippen molar-refractivity contribution in [3.8, 4) is 16.5 Å². The van der Waals surface area contributed by atoms with Gasteiger partial charge in [-0.1, -0.05) is 22.8 Å². The highest BCUT2D eigenvalue weighted by Gasteiger charge is 2.19. The van der Waals surface area contributed by atoms with E-state index in [1.165, 1.54) is 18.4 Å². The summed E-state index contributed by atoms with van der Waals surface area (Å²) in [6.07, 6.45) is 0. The number of nitrogens with zero attached hydrogens (tertiary/aromatic N) is 3. The second-order valence-corrected chi connectivity index (χ2v) is 6.51. The number of halogens is 1. The minimum atomic E-state index is -0.164. The van der Waals surface area contributed by atoms with Gasteiger partial charge in [-0.2, -0.15) is 4.98 Å². The molecule has 0 saturated heterocycles. The highest BCUT2D eigenvalue weighted by Crippen LogP contribution is 2.26. The van der Waals surface area contributed by atoms with Crippen molar-refractivity contribution in [1.29, 1.82) is 0 Å². The van der Waals surface area contributed by atoms with Gasteiger partial charge in [0, 0.05) is 12.1 Å². The van der Waals surface area contributed by atoms with Gasteiger partial charge in [0.15, 0.2) is 0 Å². The van der Waals surface area contributed by atoms with E-state index in [2.05, 4.69) is 10.1 Å². The number of carbonyl (C=O) groups is 1. The van der Waals surface area contributed by atoms with E-state index >= 15 is 0 Å². The van der Waals surface area contributed by atoms with E-state index in [4.69, 9.17) is 20.9 Å². The number of ether oxygens (including phenoxy) is 1. The zero-order chi connectivity index (χ0) is 17.8. The van der Waals surface area contributed by atoms with Crippen LogP contribution in [0.4, 0.5) is 0 Å². The molecule has 2 aromatic heterocycles. The Morgan fingerprint density at radius 3 is 2.88 bits per heavy atom. The molecule has 0 aliphatic heterocycles. The molecular weight excluding hydrogens is 362 g/mol. The maximum absolute atomic E-state index is 12.7. The molecule has 0 atom stereocenters. The first-order chi connectivity index (χ1) is 12.1. The van der Waals surface area contributed by atoms with Crippen LogP contribution in [0.5, 0.6) is 5.75 Å². The molecule has 0 aliphatic carbocycles. The van der Waals surface area contributed by atoms with Gasteiger partial charge in [-0.25, -0.2) is 0 Å². The summed E-state index contributed by atoms with van der Waals surface area (Å²) < 4.78 is 10.4. The SMILES string of the molecule is CCN(Cc1nc(-c2cccs2)no1)C(=O)c1ccc(OC)c(Cl)c1. The van der Waals surface area contributed by atoms with E-state index in [-0.39, 0.29) is 12.5 Å². The van der Waals surface area contributed by atoms with Gasteiger partial charge in [-0.15, -0.1) is 11.3 Å². The normalized spacial score (nSPS) is 10.7. The third-order valence-corrected chi connectivity index (χ3v) is 4.76. The number of hydrogen-bond acceptors (Lipinski definition) is 6. The van der Waals surface area contributed by atoms with E-state index < -0.39 is 0 Å². The summed E-state index contributed by atoms with van der Waals surface area (Å²) in [5.41, 5.74) is 0.477. The van der Waals surface area contributed by atoms with E-state index in [1.54, 1.807) is 23.1 Å². The van der Waals surface area contributed by atoms with Crippen LogP contribution >= 0.6 is 22.9 Å². The van der Waals surface area contributed by atoms with Crippen molar-refractivity contribution in [1.82, 2.24) is 15.0 Å². The highest BCUT2D eigenvalue weighted by molar-refractivity contribution is 7.13. The number of thiophene rings is 1. The summed E-state index contributed by atoms with van der Waals surface area (Å²) in [6, 6.07) is 8.79. The molecule has 6 nitrogen and oxygen atoms in total. The van der Waals surface area contributed by atoms with Crippen LogP contribution in [-0.2, 0) is 6.54 Å². The molecule has 25 heavy (non-hydrogen) atoms. The number of amides is 1. The van der Waals surface area contributed by atoms with Crippen molar-refractivity contribution in [2.24, 2.45) is 0 Å². The summed E-state index contributed by atoms with van der Waals surface area (Å²) in [5.74, 6) is 1.28. The van der Waals surface area contributed by atoms with Gasteiger partial charge in [0.2, 0.25) is 11.7 Å². The lowest BCUT2D eigenvalue weighted by atomic mass is 10.2. The monoisotopic (exact) mass is 377 g/mol.